The van der Waals surface area contributed by atoms with Crippen molar-refractivity contribution in [1.29, 1.82) is 0 Å². The van der Waals surface area contributed by atoms with Crippen molar-refractivity contribution in [3.63, 3.8) is 0 Å². The molecule has 132 valence electrons. The molecule has 0 aliphatic carbocycles. The minimum Gasteiger partial charge on any atom is -0.358 e. The molecule has 1 fully saturated rings. The lowest BCUT2D eigenvalue weighted by Crippen LogP contribution is -2.39. The van der Waals surface area contributed by atoms with Gasteiger partial charge in [-0.3, -0.25) is 19.4 Å². The third-order valence-corrected chi connectivity index (χ3v) is 3.90. The zero-order chi connectivity index (χ0) is 17.5. The lowest BCUT2D eigenvalue weighted by atomic mass is 10.3. The highest BCUT2D eigenvalue weighted by molar-refractivity contribution is 5.92. The fourth-order valence-electron chi connectivity index (χ4n) is 2.61. The number of benzene rings is 1. The second-order valence-corrected chi connectivity index (χ2v) is 5.75. The van der Waals surface area contributed by atoms with Crippen molar-refractivity contribution in [1.82, 2.24) is 15.1 Å². The second kappa shape index (κ2) is 8.70. The van der Waals surface area contributed by atoms with Crippen molar-refractivity contribution in [3.05, 3.63) is 29.8 Å². The first-order chi connectivity index (χ1) is 11.5. The van der Waals surface area contributed by atoms with Crippen molar-refractivity contribution < 1.29 is 18.4 Å². The Balaban J connectivity index is 1.82. The Morgan fingerprint density at radius 2 is 1.67 bits per heavy atom. The monoisotopic (exact) mass is 340 g/mol. The minimum absolute atomic E-state index is 0.0301. The van der Waals surface area contributed by atoms with Crippen LogP contribution in [0.4, 0.5) is 14.5 Å². The van der Waals surface area contributed by atoms with Gasteiger partial charge in [-0.15, -0.1) is 0 Å². The van der Waals surface area contributed by atoms with Crippen molar-refractivity contribution >= 4 is 17.5 Å². The molecule has 2 rings (SSSR count). The summed E-state index contributed by atoms with van der Waals surface area (Å²) in [4.78, 5) is 27.5. The highest BCUT2D eigenvalue weighted by Crippen LogP contribution is 2.15. The maximum absolute atomic E-state index is 13.5. The standard InChI is InChI=1S/C16H22F2N4O2/c1-19-15(23)10-21-5-2-6-22(8-7-21)11-16(24)20-14-4-3-12(17)9-13(14)18/h3-4,9H,2,5-8,10-11H2,1H3,(H,19,23)(H,20,24). The normalized spacial score (nSPS) is 16.5. The van der Waals surface area contributed by atoms with Crippen LogP contribution in [0.3, 0.4) is 0 Å². The number of carbonyl (C=O) groups is 2. The Morgan fingerprint density at radius 1 is 1.04 bits per heavy atom. The van der Waals surface area contributed by atoms with Gasteiger partial charge in [-0.05, 0) is 31.6 Å². The third kappa shape index (κ3) is 5.54. The van der Waals surface area contributed by atoms with E-state index in [1.54, 1.807) is 7.05 Å². The Labute approximate surface area is 139 Å². The molecule has 2 N–H and O–H groups in total. The van der Waals surface area contributed by atoms with E-state index in [4.69, 9.17) is 0 Å². The second-order valence-electron chi connectivity index (χ2n) is 5.75. The maximum Gasteiger partial charge on any atom is 0.238 e. The van der Waals surface area contributed by atoms with E-state index in [1.807, 2.05) is 9.80 Å². The molecule has 0 bridgehead atoms. The topological polar surface area (TPSA) is 64.7 Å². The number of nitrogens with one attached hydrogen (secondary N) is 2. The van der Waals surface area contributed by atoms with Crippen molar-refractivity contribution in [3.8, 4) is 0 Å². The molecule has 1 aromatic carbocycles. The van der Waals surface area contributed by atoms with Crippen LogP contribution in [0.15, 0.2) is 18.2 Å². The first-order valence-electron chi connectivity index (χ1n) is 7.88. The summed E-state index contributed by atoms with van der Waals surface area (Å²) in [7, 11) is 1.60. The van der Waals surface area contributed by atoms with Gasteiger partial charge in [-0.1, -0.05) is 0 Å². The Morgan fingerprint density at radius 3 is 2.25 bits per heavy atom. The first-order valence-corrected chi connectivity index (χ1v) is 7.88. The fraction of sp³-hybridized carbons (Fsp3) is 0.500. The summed E-state index contributed by atoms with van der Waals surface area (Å²) < 4.78 is 26.4. The van der Waals surface area contributed by atoms with Gasteiger partial charge in [-0.25, -0.2) is 8.78 Å². The summed E-state index contributed by atoms with van der Waals surface area (Å²) >= 11 is 0. The molecule has 0 aromatic heterocycles. The average Bonchev–Trinajstić information content (AvgIpc) is 2.75. The zero-order valence-electron chi connectivity index (χ0n) is 13.6. The van der Waals surface area contributed by atoms with Crippen LogP contribution < -0.4 is 10.6 Å². The van der Waals surface area contributed by atoms with Gasteiger partial charge in [-0.2, -0.15) is 0 Å². The molecule has 0 saturated carbocycles. The van der Waals surface area contributed by atoms with Gasteiger partial charge < -0.3 is 10.6 Å². The number of hydrogen-bond donors (Lipinski definition) is 2. The molecule has 8 heteroatoms. The Kier molecular flexibility index (Phi) is 6.62. The summed E-state index contributed by atoms with van der Waals surface area (Å²) in [6.45, 7) is 3.32. The molecule has 1 aliphatic heterocycles. The van der Waals surface area contributed by atoms with Gasteiger partial charge in [0, 0.05) is 26.2 Å². The van der Waals surface area contributed by atoms with E-state index in [1.165, 1.54) is 6.07 Å². The zero-order valence-corrected chi connectivity index (χ0v) is 13.6. The number of nitrogens with zero attached hydrogens (tertiary/aromatic N) is 2. The lowest BCUT2D eigenvalue weighted by molar-refractivity contribution is -0.122. The summed E-state index contributed by atoms with van der Waals surface area (Å²) in [6, 6.07) is 3.04. The van der Waals surface area contributed by atoms with E-state index in [0.717, 1.165) is 31.6 Å². The molecule has 0 unspecified atom stereocenters. The van der Waals surface area contributed by atoms with Crippen LogP contribution in [-0.2, 0) is 9.59 Å². The first kappa shape index (κ1) is 18.3. The summed E-state index contributed by atoms with van der Waals surface area (Å²) in [5, 5.41) is 5.05. The fourth-order valence-corrected chi connectivity index (χ4v) is 2.61. The van der Waals surface area contributed by atoms with Gasteiger partial charge in [0.25, 0.3) is 0 Å². The Bertz CT molecular complexity index is 597. The van der Waals surface area contributed by atoms with E-state index >= 15 is 0 Å². The van der Waals surface area contributed by atoms with E-state index < -0.39 is 11.6 Å². The summed E-state index contributed by atoms with van der Waals surface area (Å²) in [5.41, 5.74) is -0.0301. The average molecular weight is 340 g/mol. The van der Waals surface area contributed by atoms with Gasteiger partial charge in [0.1, 0.15) is 11.6 Å². The van der Waals surface area contributed by atoms with Crippen LogP contribution in [0.2, 0.25) is 0 Å². The van der Waals surface area contributed by atoms with Crippen LogP contribution in [0.25, 0.3) is 0 Å². The highest BCUT2D eigenvalue weighted by atomic mass is 19.1. The van der Waals surface area contributed by atoms with E-state index in [2.05, 4.69) is 10.6 Å². The van der Waals surface area contributed by atoms with E-state index in [9.17, 15) is 18.4 Å². The molecule has 0 atom stereocenters. The van der Waals surface area contributed by atoms with E-state index in [-0.39, 0.29) is 24.0 Å². The molecule has 2 amide bonds. The van der Waals surface area contributed by atoms with Crippen LogP contribution in [0, 0.1) is 11.6 Å². The number of hydrogen-bond acceptors (Lipinski definition) is 4. The van der Waals surface area contributed by atoms with Gasteiger partial charge in [0.2, 0.25) is 11.8 Å². The largest absolute Gasteiger partial charge is 0.358 e. The van der Waals surface area contributed by atoms with Crippen LogP contribution >= 0.6 is 0 Å². The maximum atomic E-state index is 13.5. The highest BCUT2D eigenvalue weighted by Gasteiger charge is 2.19. The number of likely N-dealkylation sites (N-methyl/N-ethyl adjacent to an activating group) is 1. The van der Waals surface area contributed by atoms with Gasteiger partial charge >= 0.3 is 0 Å². The van der Waals surface area contributed by atoms with Crippen molar-refractivity contribution in [2.24, 2.45) is 0 Å². The molecule has 1 heterocycles. The molecule has 1 aliphatic rings. The number of halogens is 2. The molecule has 0 spiro atoms. The van der Waals surface area contributed by atoms with Gasteiger partial charge in [0.15, 0.2) is 0 Å². The lowest BCUT2D eigenvalue weighted by Gasteiger charge is -2.21. The molecular weight excluding hydrogens is 318 g/mol. The molecule has 1 aromatic rings. The van der Waals surface area contributed by atoms with Crippen LogP contribution in [0.5, 0.6) is 0 Å². The quantitative estimate of drug-likeness (QED) is 0.826. The van der Waals surface area contributed by atoms with Crippen molar-refractivity contribution in [2.45, 2.75) is 6.42 Å². The van der Waals surface area contributed by atoms with E-state index in [0.29, 0.717) is 19.6 Å². The molecule has 0 radical (unpaired) electrons. The van der Waals surface area contributed by atoms with Gasteiger partial charge in [0.05, 0.1) is 18.8 Å². The SMILES string of the molecule is CNC(=O)CN1CCCN(CC(=O)Nc2ccc(F)cc2F)CC1. The Hall–Kier alpha value is -2.06. The predicted molar refractivity (Wildman–Crippen MR) is 86.6 cm³/mol. The number of anilines is 1. The number of rotatable bonds is 5. The molecule has 24 heavy (non-hydrogen) atoms. The van der Waals surface area contributed by atoms with Crippen LogP contribution in [0.1, 0.15) is 6.42 Å². The number of amides is 2. The smallest absolute Gasteiger partial charge is 0.238 e. The minimum atomic E-state index is -0.795. The molecule has 6 nitrogen and oxygen atoms in total. The predicted octanol–water partition coefficient (Wildman–Crippen LogP) is 0.657. The summed E-state index contributed by atoms with van der Waals surface area (Å²) in [5.74, 6) is -1.86. The van der Waals surface area contributed by atoms with Crippen LogP contribution in [-0.4, -0.2) is 67.9 Å². The summed E-state index contributed by atoms with van der Waals surface area (Å²) in [6.07, 6.45) is 0.842. The molecule has 1 saturated heterocycles. The molecular formula is C16H22F2N4O2. The number of carbonyl (C=O) groups excluding carboxylic acids is 2. The van der Waals surface area contributed by atoms with Crippen molar-refractivity contribution in [2.75, 3.05) is 51.6 Å². The third-order valence-electron chi connectivity index (χ3n) is 3.90.